The molecule has 0 aromatic heterocycles. The zero-order valence-electron chi connectivity index (χ0n) is 15.8. The van der Waals surface area contributed by atoms with Gasteiger partial charge in [-0.25, -0.2) is 4.39 Å². The topological polar surface area (TPSA) is 59.0 Å². The quantitative estimate of drug-likeness (QED) is 0.700. The predicted molar refractivity (Wildman–Crippen MR) is 107 cm³/mol. The van der Waals surface area contributed by atoms with Crippen LogP contribution in [0, 0.1) is 11.7 Å². The predicted octanol–water partition coefficient (Wildman–Crippen LogP) is 4.49. The standard InChI is InChI=1S/C21H23BrFNO4/c1-27-18-11-16(17(22)12-19(18)28-2)20(13-3-5-15(23)6-4-13)24-9-7-14(8-10-24)21(25)26/h3-6,11-12,14,20H,7-10H2,1-2H3,(H,25,26). The van der Waals surface area contributed by atoms with Gasteiger partial charge in [-0.3, -0.25) is 9.69 Å². The number of nitrogens with zero attached hydrogens (tertiary/aromatic N) is 1. The van der Waals surface area contributed by atoms with Crippen molar-refractivity contribution in [2.24, 2.45) is 5.92 Å². The third kappa shape index (κ3) is 4.31. The summed E-state index contributed by atoms with van der Waals surface area (Å²) in [5.74, 6) is -0.142. The lowest BCUT2D eigenvalue weighted by molar-refractivity contribution is -0.143. The van der Waals surface area contributed by atoms with Crippen molar-refractivity contribution in [3.63, 3.8) is 0 Å². The first-order valence-corrected chi connectivity index (χ1v) is 9.87. The molecule has 28 heavy (non-hydrogen) atoms. The van der Waals surface area contributed by atoms with E-state index in [1.165, 1.54) is 12.1 Å². The number of carboxylic acid groups (broad SMARTS) is 1. The second-order valence-electron chi connectivity index (χ2n) is 6.83. The fraction of sp³-hybridized carbons (Fsp3) is 0.381. The van der Waals surface area contributed by atoms with E-state index in [1.54, 1.807) is 26.4 Å². The van der Waals surface area contributed by atoms with Crippen LogP contribution in [-0.2, 0) is 4.79 Å². The van der Waals surface area contributed by atoms with E-state index in [2.05, 4.69) is 20.8 Å². The number of carbonyl (C=O) groups is 1. The van der Waals surface area contributed by atoms with Gasteiger partial charge in [-0.15, -0.1) is 0 Å². The molecule has 0 amide bonds. The normalized spacial score (nSPS) is 16.6. The number of hydrogen-bond acceptors (Lipinski definition) is 4. The highest BCUT2D eigenvalue weighted by molar-refractivity contribution is 9.10. The van der Waals surface area contributed by atoms with Gasteiger partial charge in [0, 0.05) is 4.47 Å². The Kier molecular flexibility index (Phi) is 6.57. The Balaban J connectivity index is 2.02. The number of piperidine rings is 1. The summed E-state index contributed by atoms with van der Waals surface area (Å²) in [7, 11) is 3.17. The third-order valence-electron chi connectivity index (χ3n) is 5.23. The molecule has 1 aliphatic heterocycles. The van der Waals surface area contributed by atoms with Crippen LogP contribution >= 0.6 is 15.9 Å². The number of methoxy groups -OCH3 is 2. The summed E-state index contributed by atoms with van der Waals surface area (Å²) >= 11 is 3.64. The Hall–Kier alpha value is -2.12. The van der Waals surface area contributed by atoms with Gasteiger partial charge >= 0.3 is 5.97 Å². The number of hydrogen-bond donors (Lipinski definition) is 1. The maximum atomic E-state index is 13.5. The molecule has 1 unspecified atom stereocenters. The number of rotatable bonds is 6. The van der Waals surface area contributed by atoms with Crippen LogP contribution in [0.2, 0.25) is 0 Å². The molecule has 3 rings (SSSR count). The summed E-state index contributed by atoms with van der Waals surface area (Å²) in [4.78, 5) is 13.6. The van der Waals surface area contributed by atoms with Gasteiger partial charge in [-0.1, -0.05) is 28.1 Å². The minimum Gasteiger partial charge on any atom is -0.493 e. The van der Waals surface area contributed by atoms with E-state index >= 15 is 0 Å². The number of likely N-dealkylation sites (tertiary alicyclic amines) is 1. The lowest BCUT2D eigenvalue weighted by atomic mass is 9.91. The first kappa shape index (κ1) is 20.6. The van der Waals surface area contributed by atoms with Crippen molar-refractivity contribution >= 4 is 21.9 Å². The number of benzene rings is 2. The average molecular weight is 452 g/mol. The molecule has 5 nitrogen and oxygen atoms in total. The maximum absolute atomic E-state index is 13.5. The Morgan fingerprint density at radius 2 is 1.71 bits per heavy atom. The number of ether oxygens (including phenoxy) is 2. The van der Waals surface area contributed by atoms with E-state index in [0.717, 1.165) is 15.6 Å². The number of halogens is 2. The minimum absolute atomic E-state index is 0.162. The van der Waals surface area contributed by atoms with Gasteiger partial charge in [0.15, 0.2) is 11.5 Å². The molecule has 0 saturated carbocycles. The zero-order chi connectivity index (χ0) is 20.3. The molecule has 1 atom stereocenters. The minimum atomic E-state index is -0.745. The second kappa shape index (κ2) is 8.92. The smallest absolute Gasteiger partial charge is 0.306 e. The Morgan fingerprint density at radius 3 is 2.25 bits per heavy atom. The van der Waals surface area contributed by atoms with E-state index in [9.17, 15) is 14.3 Å². The highest BCUT2D eigenvalue weighted by atomic mass is 79.9. The summed E-state index contributed by atoms with van der Waals surface area (Å²) < 4.78 is 25.2. The van der Waals surface area contributed by atoms with E-state index in [-0.39, 0.29) is 17.8 Å². The molecule has 0 spiro atoms. The number of carboxylic acids is 1. The summed E-state index contributed by atoms with van der Waals surface area (Å²) in [6, 6.07) is 10.0. The lowest BCUT2D eigenvalue weighted by Gasteiger charge is -2.37. The zero-order valence-corrected chi connectivity index (χ0v) is 17.4. The summed E-state index contributed by atoms with van der Waals surface area (Å²) in [6.45, 7) is 1.28. The molecule has 1 saturated heterocycles. The SMILES string of the molecule is COc1cc(Br)c(C(c2ccc(F)cc2)N2CCC(C(=O)O)CC2)cc1OC. The molecule has 0 bridgehead atoms. The highest BCUT2D eigenvalue weighted by Crippen LogP contribution is 2.41. The van der Waals surface area contributed by atoms with Gasteiger partial charge in [0.1, 0.15) is 5.82 Å². The van der Waals surface area contributed by atoms with Gasteiger partial charge < -0.3 is 14.6 Å². The fourth-order valence-electron chi connectivity index (χ4n) is 3.72. The van der Waals surface area contributed by atoms with Gasteiger partial charge in [-0.2, -0.15) is 0 Å². The van der Waals surface area contributed by atoms with Crippen LogP contribution in [-0.4, -0.2) is 43.3 Å². The fourth-order valence-corrected chi connectivity index (χ4v) is 4.26. The molecule has 1 fully saturated rings. The molecule has 1 N–H and O–H groups in total. The van der Waals surface area contributed by atoms with Crippen LogP contribution in [0.3, 0.4) is 0 Å². The first-order valence-electron chi connectivity index (χ1n) is 9.08. The second-order valence-corrected chi connectivity index (χ2v) is 7.69. The van der Waals surface area contributed by atoms with Crippen LogP contribution in [0.15, 0.2) is 40.9 Å². The maximum Gasteiger partial charge on any atom is 0.306 e. The van der Waals surface area contributed by atoms with Crippen molar-refractivity contribution in [2.75, 3.05) is 27.3 Å². The van der Waals surface area contributed by atoms with Gasteiger partial charge in [0.05, 0.1) is 26.2 Å². The van der Waals surface area contributed by atoms with Gasteiger partial charge in [0.25, 0.3) is 0 Å². The van der Waals surface area contributed by atoms with E-state index in [4.69, 9.17) is 9.47 Å². The van der Waals surface area contributed by atoms with E-state index < -0.39 is 5.97 Å². The monoisotopic (exact) mass is 451 g/mol. The molecule has 2 aromatic carbocycles. The van der Waals surface area contributed by atoms with Crippen molar-refractivity contribution in [1.82, 2.24) is 4.90 Å². The Labute approximate surface area is 172 Å². The molecular formula is C21H23BrFNO4. The summed E-state index contributed by atoms with van der Waals surface area (Å²) in [5, 5.41) is 9.30. The Bertz CT molecular complexity index is 835. The van der Waals surface area contributed by atoms with Gasteiger partial charge in [0.2, 0.25) is 0 Å². The summed E-state index contributed by atoms with van der Waals surface area (Å²) in [6.07, 6.45) is 1.16. The number of aliphatic carboxylic acids is 1. The van der Waals surface area contributed by atoms with E-state index in [1.807, 2.05) is 12.1 Å². The molecule has 2 aromatic rings. The van der Waals surface area contributed by atoms with Crippen molar-refractivity contribution < 1.29 is 23.8 Å². The third-order valence-corrected chi connectivity index (χ3v) is 5.91. The molecule has 0 radical (unpaired) electrons. The first-order chi connectivity index (χ1) is 13.4. The van der Waals surface area contributed by atoms with Crippen LogP contribution in [0.5, 0.6) is 11.5 Å². The van der Waals surface area contributed by atoms with Gasteiger partial charge in [-0.05, 0) is 61.3 Å². The van der Waals surface area contributed by atoms with Crippen LogP contribution in [0.4, 0.5) is 4.39 Å². The Morgan fingerprint density at radius 1 is 1.14 bits per heavy atom. The molecular weight excluding hydrogens is 429 g/mol. The van der Waals surface area contributed by atoms with Crippen molar-refractivity contribution in [2.45, 2.75) is 18.9 Å². The lowest BCUT2D eigenvalue weighted by Crippen LogP contribution is -2.39. The highest BCUT2D eigenvalue weighted by Gasteiger charge is 2.31. The molecule has 7 heteroatoms. The van der Waals surface area contributed by atoms with Crippen LogP contribution in [0.25, 0.3) is 0 Å². The largest absolute Gasteiger partial charge is 0.493 e. The average Bonchev–Trinajstić information content (AvgIpc) is 2.70. The van der Waals surface area contributed by atoms with Crippen molar-refractivity contribution in [1.29, 1.82) is 0 Å². The molecule has 0 aliphatic carbocycles. The molecule has 1 aliphatic rings. The van der Waals surface area contributed by atoms with Crippen molar-refractivity contribution in [3.05, 3.63) is 57.8 Å². The van der Waals surface area contributed by atoms with Crippen molar-refractivity contribution in [3.8, 4) is 11.5 Å². The van der Waals surface area contributed by atoms with Crippen LogP contribution < -0.4 is 9.47 Å². The molecule has 150 valence electrons. The summed E-state index contributed by atoms with van der Waals surface area (Å²) in [5.41, 5.74) is 1.89. The van der Waals surface area contributed by atoms with Crippen LogP contribution in [0.1, 0.15) is 30.0 Å². The molecule has 1 heterocycles. The van der Waals surface area contributed by atoms with E-state index in [0.29, 0.717) is 37.4 Å².